The lowest BCUT2D eigenvalue weighted by Gasteiger charge is -2.44. The third-order valence-corrected chi connectivity index (χ3v) is 3.76. The quantitative estimate of drug-likeness (QED) is 0.882. The molecule has 0 saturated carbocycles. The molecule has 20 heavy (non-hydrogen) atoms. The van der Waals surface area contributed by atoms with Gasteiger partial charge in [0.15, 0.2) is 0 Å². The number of likely N-dealkylation sites (tertiary alicyclic amines) is 1. The zero-order valence-electron chi connectivity index (χ0n) is 12.1. The van der Waals surface area contributed by atoms with Crippen LogP contribution in [-0.2, 0) is 9.59 Å². The highest BCUT2D eigenvalue weighted by molar-refractivity contribution is 5.93. The van der Waals surface area contributed by atoms with Crippen molar-refractivity contribution < 1.29 is 9.59 Å². The van der Waals surface area contributed by atoms with Crippen LogP contribution in [0.1, 0.15) is 20.8 Å². The van der Waals surface area contributed by atoms with E-state index in [0.717, 1.165) is 17.9 Å². The minimum atomic E-state index is -0.109. The van der Waals surface area contributed by atoms with E-state index < -0.39 is 0 Å². The summed E-state index contributed by atoms with van der Waals surface area (Å²) in [5, 5.41) is 5.55. The molecule has 1 heterocycles. The molecule has 1 aliphatic heterocycles. The normalized spacial score (nSPS) is 21.9. The van der Waals surface area contributed by atoms with Gasteiger partial charge in [0.05, 0.1) is 6.54 Å². The lowest BCUT2D eigenvalue weighted by atomic mass is 9.92. The largest absolute Gasteiger partial charge is 0.326 e. The second kappa shape index (κ2) is 6.05. The van der Waals surface area contributed by atoms with Gasteiger partial charge in [-0.3, -0.25) is 14.5 Å². The van der Waals surface area contributed by atoms with Crippen molar-refractivity contribution in [2.75, 3.05) is 23.7 Å². The summed E-state index contributed by atoms with van der Waals surface area (Å²) in [6, 6.07) is 7.58. The molecule has 1 saturated heterocycles. The highest BCUT2D eigenvalue weighted by Crippen LogP contribution is 2.23. The molecule has 0 aliphatic carbocycles. The molecule has 1 fully saturated rings. The monoisotopic (exact) mass is 275 g/mol. The standard InChI is InChI=1S/C15H21N3O2/c1-10-8-18(11(10)2)9-15(20)17-14-6-4-13(5-7-14)16-12(3)19/h4-7,10-11H,8-9H2,1-3H3,(H,16,19)(H,17,20). The maximum absolute atomic E-state index is 11.9. The fourth-order valence-electron chi connectivity index (χ4n) is 2.34. The minimum Gasteiger partial charge on any atom is -0.326 e. The van der Waals surface area contributed by atoms with Gasteiger partial charge >= 0.3 is 0 Å². The van der Waals surface area contributed by atoms with E-state index in [9.17, 15) is 9.59 Å². The Morgan fingerprint density at radius 3 is 2.15 bits per heavy atom. The van der Waals surface area contributed by atoms with Gasteiger partial charge in [-0.05, 0) is 37.1 Å². The first-order valence-corrected chi connectivity index (χ1v) is 6.87. The third kappa shape index (κ3) is 3.57. The van der Waals surface area contributed by atoms with E-state index in [4.69, 9.17) is 0 Å². The van der Waals surface area contributed by atoms with Gasteiger partial charge in [-0.1, -0.05) is 6.92 Å². The van der Waals surface area contributed by atoms with E-state index in [0.29, 0.717) is 18.5 Å². The number of rotatable bonds is 4. The number of amides is 2. The van der Waals surface area contributed by atoms with E-state index in [-0.39, 0.29) is 11.8 Å². The predicted octanol–water partition coefficient (Wildman–Crippen LogP) is 1.92. The molecule has 2 unspecified atom stereocenters. The average molecular weight is 275 g/mol. The van der Waals surface area contributed by atoms with Crippen LogP contribution < -0.4 is 10.6 Å². The first kappa shape index (κ1) is 14.5. The fourth-order valence-corrected chi connectivity index (χ4v) is 2.34. The molecule has 1 aromatic rings. The number of hydrogen-bond acceptors (Lipinski definition) is 3. The number of carbonyl (C=O) groups is 2. The highest BCUT2D eigenvalue weighted by Gasteiger charge is 2.32. The zero-order valence-corrected chi connectivity index (χ0v) is 12.1. The maximum Gasteiger partial charge on any atom is 0.238 e. The van der Waals surface area contributed by atoms with Crippen molar-refractivity contribution in [3.8, 4) is 0 Å². The van der Waals surface area contributed by atoms with Gasteiger partial charge in [0, 0.05) is 30.9 Å². The SMILES string of the molecule is CC(=O)Nc1ccc(NC(=O)CN2CC(C)C2C)cc1. The summed E-state index contributed by atoms with van der Waals surface area (Å²) in [5.74, 6) is 0.554. The van der Waals surface area contributed by atoms with Crippen molar-refractivity contribution in [3.63, 3.8) is 0 Å². The Hall–Kier alpha value is -1.88. The minimum absolute atomic E-state index is 0.00368. The van der Waals surface area contributed by atoms with Crippen LogP contribution in [-0.4, -0.2) is 35.8 Å². The lowest BCUT2D eigenvalue weighted by Crippen LogP contribution is -2.55. The first-order chi connectivity index (χ1) is 9.45. The molecule has 2 amide bonds. The fraction of sp³-hybridized carbons (Fsp3) is 0.467. The summed E-state index contributed by atoms with van der Waals surface area (Å²) >= 11 is 0. The third-order valence-electron chi connectivity index (χ3n) is 3.76. The molecular weight excluding hydrogens is 254 g/mol. The Kier molecular flexibility index (Phi) is 4.39. The Bertz CT molecular complexity index is 498. The smallest absolute Gasteiger partial charge is 0.238 e. The Morgan fingerprint density at radius 1 is 1.15 bits per heavy atom. The molecule has 5 heteroatoms. The van der Waals surface area contributed by atoms with Gasteiger partial charge in [0.2, 0.25) is 11.8 Å². The zero-order chi connectivity index (χ0) is 14.7. The molecule has 1 aliphatic rings. The van der Waals surface area contributed by atoms with Gasteiger partial charge in [0.25, 0.3) is 0 Å². The molecule has 5 nitrogen and oxygen atoms in total. The number of hydrogen-bond donors (Lipinski definition) is 2. The highest BCUT2D eigenvalue weighted by atomic mass is 16.2. The van der Waals surface area contributed by atoms with Gasteiger partial charge in [-0.25, -0.2) is 0 Å². The van der Waals surface area contributed by atoms with Crippen LogP contribution in [0.2, 0.25) is 0 Å². The van der Waals surface area contributed by atoms with Crippen molar-refractivity contribution in [3.05, 3.63) is 24.3 Å². The number of nitrogens with zero attached hydrogens (tertiary/aromatic N) is 1. The second-order valence-electron chi connectivity index (χ2n) is 5.45. The summed E-state index contributed by atoms with van der Waals surface area (Å²) in [4.78, 5) is 25.0. The van der Waals surface area contributed by atoms with Crippen LogP contribution in [0.25, 0.3) is 0 Å². The average Bonchev–Trinajstić information content (AvgIpc) is 2.40. The topological polar surface area (TPSA) is 61.4 Å². The summed E-state index contributed by atoms with van der Waals surface area (Å²) in [7, 11) is 0. The summed E-state index contributed by atoms with van der Waals surface area (Å²) in [6.45, 7) is 7.21. The molecule has 0 spiro atoms. The van der Waals surface area contributed by atoms with Crippen molar-refractivity contribution in [2.24, 2.45) is 5.92 Å². The molecule has 0 radical (unpaired) electrons. The Balaban J connectivity index is 1.83. The van der Waals surface area contributed by atoms with E-state index in [1.54, 1.807) is 24.3 Å². The van der Waals surface area contributed by atoms with Gasteiger partial charge in [0.1, 0.15) is 0 Å². The van der Waals surface area contributed by atoms with Crippen molar-refractivity contribution >= 4 is 23.2 Å². The maximum atomic E-state index is 11.9. The summed E-state index contributed by atoms with van der Waals surface area (Å²) in [5.41, 5.74) is 1.46. The second-order valence-corrected chi connectivity index (χ2v) is 5.45. The van der Waals surface area contributed by atoms with Crippen molar-refractivity contribution in [1.82, 2.24) is 4.90 Å². The van der Waals surface area contributed by atoms with E-state index in [1.165, 1.54) is 6.92 Å². The summed E-state index contributed by atoms with van der Waals surface area (Å²) in [6.07, 6.45) is 0. The number of anilines is 2. The molecule has 0 bridgehead atoms. The molecular formula is C15H21N3O2. The van der Waals surface area contributed by atoms with Crippen LogP contribution in [0, 0.1) is 5.92 Å². The van der Waals surface area contributed by atoms with Crippen LogP contribution in [0.3, 0.4) is 0 Å². The lowest BCUT2D eigenvalue weighted by molar-refractivity contribution is -0.120. The van der Waals surface area contributed by atoms with E-state index in [2.05, 4.69) is 29.4 Å². The molecule has 2 N–H and O–H groups in total. The van der Waals surface area contributed by atoms with Crippen LogP contribution in [0.15, 0.2) is 24.3 Å². The van der Waals surface area contributed by atoms with Crippen molar-refractivity contribution in [1.29, 1.82) is 0 Å². The molecule has 108 valence electrons. The van der Waals surface area contributed by atoms with Crippen LogP contribution >= 0.6 is 0 Å². The molecule has 2 atom stereocenters. The summed E-state index contributed by atoms with van der Waals surface area (Å²) < 4.78 is 0. The number of nitrogens with one attached hydrogen (secondary N) is 2. The molecule has 2 rings (SSSR count). The van der Waals surface area contributed by atoms with E-state index in [1.807, 2.05) is 0 Å². The molecule has 1 aromatic carbocycles. The van der Waals surface area contributed by atoms with Crippen molar-refractivity contribution in [2.45, 2.75) is 26.8 Å². The Morgan fingerprint density at radius 2 is 1.70 bits per heavy atom. The van der Waals surface area contributed by atoms with Gasteiger partial charge in [-0.2, -0.15) is 0 Å². The van der Waals surface area contributed by atoms with Gasteiger partial charge in [-0.15, -0.1) is 0 Å². The number of carbonyl (C=O) groups excluding carboxylic acids is 2. The van der Waals surface area contributed by atoms with Gasteiger partial charge < -0.3 is 10.6 Å². The van der Waals surface area contributed by atoms with Crippen LogP contribution in [0.4, 0.5) is 11.4 Å². The first-order valence-electron chi connectivity index (χ1n) is 6.87. The number of benzene rings is 1. The van der Waals surface area contributed by atoms with Crippen LogP contribution in [0.5, 0.6) is 0 Å². The predicted molar refractivity (Wildman–Crippen MR) is 79.6 cm³/mol. The van der Waals surface area contributed by atoms with E-state index >= 15 is 0 Å². The Labute approximate surface area is 119 Å². The molecule has 0 aromatic heterocycles.